The van der Waals surface area contributed by atoms with E-state index in [4.69, 9.17) is 5.26 Å². The van der Waals surface area contributed by atoms with Crippen molar-refractivity contribution in [2.75, 3.05) is 4.72 Å². The summed E-state index contributed by atoms with van der Waals surface area (Å²) in [7, 11) is -3.84. The number of anilines is 1. The molecule has 2 aromatic rings. The summed E-state index contributed by atoms with van der Waals surface area (Å²) in [5.74, 6) is 0. The Bertz CT molecular complexity index is 750. The zero-order valence-electron chi connectivity index (χ0n) is 10.0. The van der Waals surface area contributed by atoms with Crippen LogP contribution in [0, 0.1) is 18.3 Å². The van der Waals surface area contributed by atoms with Crippen LogP contribution in [0.1, 0.15) is 11.4 Å². The van der Waals surface area contributed by atoms with Crippen molar-refractivity contribution in [2.24, 2.45) is 0 Å². The van der Waals surface area contributed by atoms with E-state index in [1.165, 1.54) is 30.6 Å². The van der Waals surface area contributed by atoms with E-state index in [0.717, 1.165) is 0 Å². The van der Waals surface area contributed by atoms with Crippen molar-refractivity contribution in [3.63, 3.8) is 0 Å². The molecule has 0 aromatic carbocycles. The monoisotopic (exact) mass is 274 g/mol. The number of aryl methyl sites for hydroxylation is 1. The van der Waals surface area contributed by atoms with Crippen molar-refractivity contribution in [3.05, 3.63) is 48.0 Å². The van der Waals surface area contributed by atoms with Crippen LogP contribution in [0.2, 0.25) is 0 Å². The number of rotatable bonds is 3. The van der Waals surface area contributed by atoms with Crippen LogP contribution >= 0.6 is 0 Å². The first-order chi connectivity index (χ1) is 9.03. The lowest BCUT2D eigenvalue weighted by Gasteiger charge is -2.08. The smallest absolute Gasteiger partial charge is 0.264 e. The molecule has 0 fully saturated rings. The van der Waals surface area contributed by atoms with Gasteiger partial charge in [-0.15, -0.1) is 0 Å². The quantitative estimate of drug-likeness (QED) is 0.914. The highest BCUT2D eigenvalue weighted by Gasteiger charge is 2.19. The van der Waals surface area contributed by atoms with Crippen LogP contribution in [0.25, 0.3) is 0 Å². The van der Waals surface area contributed by atoms with Gasteiger partial charge in [-0.3, -0.25) is 9.71 Å². The third kappa shape index (κ3) is 2.86. The molecule has 19 heavy (non-hydrogen) atoms. The molecule has 0 bridgehead atoms. The Hall–Kier alpha value is -2.46. The molecule has 96 valence electrons. The van der Waals surface area contributed by atoms with Gasteiger partial charge in [0.1, 0.15) is 11.0 Å². The third-order valence-electron chi connectivity index (χ3n) is 2.31. The summed E-state index contributed by atoms with van der Waals surface area (Å²) < 4.78 is 26.7. The maximum Gasteiger partial charge on any atom is 0.264 e. The van der Waals surface area contributed by atoms with Crippen molar-refractivity contribution in [2.45, 2.75) is 11.8 Å². The minimum absolute atomic E-state index is 0.138. The number of hydrogen-bond acceptors (Lipinski definition) is 5. The first-order valence-electron chi connectivity index (χ1n) is 5.33. The molecule has 0 saturated carbocycles. The molecule has 2 rings (SSSR count). The molecule has 0 atom stereocenters. The molecular formula is C12H10N4O2S. The summed E-state index contributed by atoms with van der Waals surface area (Å²) in [6.45, 7) is 1.75. The Balaban J connectivity index is 2.41. The van der Waals surface area contributed by atoms with Crippen LogP contribution in [0.4, 0.5) is 5.69 Å². The lowest BCUT2D eigenvalue weighted by Crippen LogP contribution is -2.15. The van der Waals surface area contributed by atoms with Gasteiger partial charge in [-0.05, 0) is 31.2 Å². The van der Waals surface area contributed by atoms with E-state index in [1.54, 1.807) is 19.1 Å². The van der Waals surface area contributed by atoms with Crippen molar-refractivity contribution < 1.29 is 8.42 Å². The summed E-state index contributed by atoms with van der Waals surface area (Å²) in [5.41, 5.74) is 0.938. The fourth-order valence-electron chi connectivity index (χ4n) is 1.51. The molecule has 6 nitrogen and oxygen atoms in total. The van der Waals surface area contributed by atoms with E-state index < -0.39 is 10.0 Å². The van der Waals surface area contributed by atoms with Crippen molar-refractivity contribution >= 4 is 15.7 Å². The molecule has 1 N–H and O–H groups in total. The van der Waals surface area contributed by atoms with E-state index in [9.17, 15) is 8.42 Å². The molecule has 0 unspecified atom stereocenters. The van der Waals surface area contributed by atoms with Gasteiger partial charge >= 0.3 is 0 Å². The van der Waals surface area contributed by atoms with Crippen molar-refractivity contribution in [1.82, 2.24) is 9.97 Å². The van der Waals surface area contributed by atoms with E-state index in [-0.39, 0.29) is 10.6 Å². The van der Waals surface area contributed by atoms with Crippen molar-refractivity contribution in [3.8, 4) is 6.07 Å². The Morgan fingerprint density at radius 2 is 2.05 bits per heavy atom. The van der Waals surface area contributed by atoms with Gasteiger partial charge in [-0.25, -0.2) is 13.4 Å². The van der Waals surface area contributed by atoms with Gasteiger partial charge in [0.05, 0.1) is 5.69 Å². The maximum atomic E-state index is 12.2. The average molecular weight is 274 g/mol. The summed E-state index contributed by atoms with van der Waals surface area (Å²) in [6.07, 6.45) is 2.87. The highest BCUT2D eigenvalue weighted by atomic mass is 32.2. The number of nitrogens with zero attached hydrogens (tertiary/aromatic N) is 3. The Labute approximate surface area is 110 Å². The summed E-state index contributed by atoms with van der Waals surface area (Å²) in [5, 5.41) is 8.88. The van der Waals surface area contributed by atoms with Crippen LogP contribution in [-0.2, 0) is 10.0 Å². The van der Waals surface area contributed by atoms with Gasteiger partial charge in [-0.1, -0.05) is 0 Å². The molecule has 7 heteroatoms. The predicted molar refractivity (Wildman–Crippen MR) is 68.7 cm³/mol. The minimum Gasteiger partial charge on any atom is -0.279 e. The lowest BCUT2D eigenvalue weighted by atomic mass is 10.3. The van der Waals surface area contributed by atoms with Gasteiger partial charge in [0.15, 0.2) is 5.69 Å². The molecule has 2 aromatic heterocycles. The number of sulfonamides is 1. The maximum absolute atomic E-state index is 12.2. The number of nitriles is 1. The van der Waals surface area contributed by atoms with Crippen LogP contribution in [-0.4, -0.2) is 18.4 Å². The molecule has 0 aliphatic rings. The predicted octanol–water partition coefficient (Wildman–Crippen LogP) is 1.46. The van der Waals surface area contributed by atoms with E-state index in [2.05, 4.69) is 14.7 Å². The van der Waals surface area contributed by atoms with Crippen LogP contribution in [0.3, 0.4) is 0 Å². The van der Waals surface area contributed by atoms with Crippen LogP contribution in [0.5, 0.6) is 0 Å². The molecule has 0 aliphatic heterocycles. The van der Waals surface area contributed by atoms with Gasteiger partial charge in [0, 0.05) is 18.1 Å². The summed E-state index contributed by atoms with van der Waals surface area (Å²) in [4.78, 5) is 7.56. The molecule has 0 radical (unpaired) electrons. The summed E-state index contributed by atoms with van der Waals surface area (Å²) >= 11 is 0. The number of pyridine rings is 2. The zero-order chi connectivity index (χ0) is 13.9. The van der Waals surface area contributed by atoms with Gasteiger partial charge in [0.25, 0.3) is 10.0 Å². The number of aromatic nitrogens is 2. The second-order valence-electron chi connectivity index (χ2n) is 3.75. The van der Waals surface area contributed by atoms with Crippen molar-refractivity contribution in [1.29, 1.82) is 5.26 Å². The Kier molecular flexibility index (Phi) is 3.44. The number of hydrogen-bond donors (Lipinski definition) is 1. The second-order valence-corrected chi connectivity index (χ2v) is 5.40. The molecule has 2 heterocycles. The van der Waals surface area contributed by atoms with Gasteiger partial charge < -0.3 is 0 Å². The normalized spacial score (nSPS) is 10.7. The van der Waals surface area contributed by atoms with E-state index >= 15 is 0 Å². The fraction of sp³-hybridized carbons (Fsp3) is 0.0833. The minimum atomic E-state index is -3.84. The largest absolute Gasteiger partial charge is 0.279 e. The zero-order valence-corrected chi connectivity index (χ0v) is 10.8. The standard InChI is InChI=1S/C12H10N4O2S/c1-9-7-10(4-6-14-9)16-19(17,18)12-3-2-5-15-11(12)8-13/h2-7H,1H3,(H,14,16). The van der Waals surface area contributed by atoms with Gasteiger partial charge in [0.2, 0.25) is 0 Å². The molecular weight excluding hydrogens is 264 g/mol. The molecule has 0 spiro atoms. The van der Waals surface area contributed by atoms with Gasteiger partial charge in [-0.2, -0.15) is 5.26 Å². The topological polar surface area (TPSA) is 95.7 Å². The van der Waals surface area contributed by atoms with Crippen LogP contribution in [0.15, 0.2) is 41.6 Å². The first kappa shape index (κ1) is 13.0. The highest BCUT2D eigenvalue weighted by molar-refractivity contribution is 7.92. The highest BCUT2D eigenvalue weighted by Crippen LogP contribution is 2.17. The lowest BCUT2D eigenvalue weighted by molar-refractivity contribution is 0.600. The summed E-state index contributed by atoms with van der Waals surface area (Å²) in [6, 6.07) is 7.69. The third-order valence-corrected chi connectivity index (χ3v) is 3.73. The SMILES string of the molecule is Cc1cc(NS(=O)(=O)c2cccnc2C#N)ccn1. The Morgan fingerprint density at radius 3 is 2.74 bits per heavy atom. The fourth-order valence-corrected chi connectivity index (χ4v) is 2.67. The van der Waals surface area contributed by atoms with Crippen LogP contribution < -0.4 is 4.72 Å². The number of nitrogens with one attached hydrogen (secondary N) is 1. The molecule has 0 amide bonds. The van der Waals surface area contributed by atoms with E-state index in [0.29, 0.717) is 11.4 Å². The Morgan fingerprint density at radius 1 is 1.26 bits per heavy atom. The van der Waals surface area contributed by atoms with E-state index in [1.807, 2.05) is 0 Å². The average Bonchev–Trinajstić information content (AvgIpc) is 2.38. The molecule has 0 saturated heterocycles. The first-order valence-corrected chi connectivity index (χ1v) is 6.82. The second kappa shape index (κ2) is 5.04. The molecule has 0 aliphatic carbocycles.